The Balaban J connectivity index is 1.39. The molecule has 3 nitrogen and oxygen atoms in total. The van der Waals surface area contributed by atoms with E-state index in [2.05, 4.69) is 34.7 Å². The number of aromatic amines is 1. The van der Waals surface area contributed by atoms with Crippen molar-refractivity contribution in [3.63, 3.8) is 0 Å². The normalized spacial score (nSPS) is 18.5. The second-order valence-electron chi connectivity index (χ2n) is 5.58. The minimum Gasteiger partial charge on any atom is -0.361 e. The van der Waals surface area contributed by atoms with E-state index in [0.29, 0.717) is 11.7 Å². The molecule has 1 aromatic heterocycles. The van der Waals surface area contributed by atoms with Crippen LogP contribution in [0.2, 0.25) is 0 Å². The van der Waals surface area contributed by atoms with Crippen molar-refractivity contribution in [3.05, 3.63) is 36.0 Å². The number of H-pyrrole nitrogens is 1. The summed E-state index contributed by atoms with van der Waals surface area (Å²) >= 11 is 3.91. The average molecular weight is 335 g/mol. The van der Waals surface area contributed by atoms with Gasteiger partial charge in [0.1, 0.15) is 0 Å². The first kappa shape index (κ1) is 15.8. The van der Waals surface area contributed by atoms with E-state index in [-0.39, 0.29) is 5.91 Å². The Hall–Kier alpha value is -1.07. The number of hydrogen-bond donors (Lipinski definition) is 2. The molecular weight excluding hydrogens is 312 g/mol. The van der Waals surface area contributed by atoms with E-state index in [1.165, 1.54) is 28.0 Å². The van der Waals surface area contributed by atoms with Crippen LogP contribution in [0.3, 0.4) is 0 Å². The van der Waals surface area contributed by atoms with Crippen molar-refractivity contribution in [1.82, 2.24) is 10.3 Å². The number of benzene rings is 1. The van der Waals surface area contributed by atoms with E-state index in [9.17, 15) is 4.79 Å². The maximum absolute atomic E-state index is 11.9. The Morgan fingerprint density at radius 1 is 1.32 bits per heavy atom. The minimum atomic E-state index is 0.207. The molecule has 2 N–H and O–H groups in total. The molecule has 1 aromatic carbocycles. The summed E-state index contributed by atoms with van der Waals surface area (Å²) in [5.41, 5.74) is 2.53. The number of aromatic nitrogens is 1. The Morgan fingerprint density at radius 2 is 2.23 bits per heavy atom. The lowest BCUT2D eigenvalue weighted by molar-refractivity contribution is -0.120. The molecule has 0 radical (unpaired) electrons. The third-order valence-corrected chi connectivity index (χ3v) is 6.76. The van der Waals surface area contributed by atoms with Crippen molar-refractivity contribution in [2.75, 3.05) is 23.8 Å². The maximum Gasteiger partial charge on any atom is 0.221 e. The molecule has 1 saturated heterocycles. The highest BCUT2D eigenvalue weighted by atomic mass is 32.2. The Morgan fingerprint density at radius 3 is 3.09 bits per heavy atom. The van der Waals surface area contributed by atoms with Crippen LogP contribution in [0.4, 0.5) is 0 Å². The highest BCUT2D eigenvalue weighted by Crippen LogP contribution is 2.26. The number of rotatable bonds is 6. The van der Waals surface area contributed by atoms with Gasteiger partial charge in [-0.2, -0.15) is 23.5 Å². The lowest BCUT2D eigenvalue weighted by atomic mass is 10.1. The quantitative estimate of drug-likeness (QED) is 0.795. The second-order valence-corrected chi connectivity index (χ2v) is 8.14. The molecule has 0 aliphatic carbocycles. The van der Waals surface area contributed by atoms with E-state index >= 15 is 0 Å². The summed E-state index contributed by atoms with van der Waals surface area (Å²) in [4.78, 5) is 15.2. The zero-order chi connectivity index (χ0) is 15.2. The summed E-state index contributed by atoms with van der Waals surface area (Å²) in [6, 6.07) is 8.36. The van der Waals surface area contributed by atoms with E-state index in [4.69, 9.17) is 0 Å². The van der Waals surface area contributed by atoms with E-state index in [1.807, 2.05) is 29.6 Å². The topological polar surface area (TPSA) is 44.9 Å². The van der Waals surface area contributed by atoms with Gasteiger partial charge >= 0.3 is 0 Å². The molecule has 0 spiro atoms. The number of fused-ring (bicyclic) bond motifs is 1. The van der Waals surface area contributed by atoms with E-state index in [0.717, 1.165) is 25.1 Å². The predicted molar refractivity (Wildman–Crippen MR) is 97.8 cm³/mol. The fourth-order valence-corrected chi connectivity index (χ4v) is 5.46. The lowest BCUT2D eigenvalue weighted by Crippen LogP contribution is -2.29. The first-order valence-corrected chi connectivity index (χ1v) is 10.0. The maximum atomic E-state index is 11.9. The Labute approximate surface area is 140 Å². The van der Waals surface area contributed by atoms with Crippen molar-refractivity contribution >= 4 is 40.3 Å². The van der Waals surface area contributed by atoms with Crippen LogP contribution in [0.5, 0.6) is 0 Å². The zero-order valence-corrected chi connectivity index (χ0v) is 14.3. The highest BCUT2D eigenvalue weighted by molar-refractivity contribution is 8.06. The van der Waals surface area contributed by atoms with Crippen molar-refractivity contribution in [2.24, 2.45) is 0 Å². The SMILES string of the molecule is O=C(C[C@@H]1CSCCS1)NCCCc1c[nH]c2ccccc12. The summed E-state index contributed by atoms with van der Waals surface area (Å²) in [6.07, 6.45) is 4.74. The second kappa shape index (κ2) is 7.97. The van der Waals surface area contributed by atoms with E-state index in [1.54, 1.807) is 0 Å². The molecular formula is C17H22N2OS2. The number of carbonyl (C=O) groups excluding carboxylic acids is 1. The molecule has 5 heteroatoms. The summed E-state index contributed by atoms with van der Waals surface area (Å²) in [5.74, 6) is 3.74. The monoisotopic (exact) mass is 334 g/mol. The molecule has 1 aliphatic rings. The Kier molecular flexibility index (Phi) is 5.73. The van der Waals surface area contributed by atoms with Crippen LogP contribution < -0.4 is 5.32 Å². The van der Waals surface area contributed by atoms with Crippen molar-refractivity contribution in [3.8, 4) is 0 Å². The van der Waals surface area contributed by atoms with Gasteiger partial charge in [0.25, 0.3) is 0 Å². The van der Waals surface area contributed by atoms with E-state index < -0.39 is 0 Å². The smallest absolute Gasteiger partial charge is 0.221 e. The molecule has 1 atom stereocenters. The summed E-state index contributed by atoms with van der Waals surface area (Å²) in [5, 5.41) is 4.87. The lowest BCUT2D eigenvalue weighted by Gasteiger charge is -2.20. The summed E-state index contributed by atoms with van der Waals surface area (Å²) < 4.78 is 0. The van der Waals surface area contributed by atoms with Gasteiger partial charge < -0.3 is 10.3 Å². The standard InChI is InChI=1S/C17H22N2OS2/c20-17(10-14-12-21-8-9-22-14)18-7-3-4-13-11-19-16-6-2-1-5-15(13)16/h1-2,5-6,11,14,19H,3-4,7-10,12H2,(H,18,20)/t14-/m1/s1. The van der Waals surface area contributed by atoms with Crippen LogP contribution in [0.1, 0.15) is 18.4 Å². The molecule has 1 fully saturated rings. The van der Waals surface area contributed by atoms with Gasteiger partial charge in [-0.25, -0.2) is 0 Å². The predicted octanol–water partition coefficient (Wildman–Crippen LogP) is 3.46. The van der Waals surface area contributed by atoms with Gasteiger partial charge in [0.2, 0.25) is 5.91 Å². The number of nitrogens with one attached hydrogen (secondary N) is 2. The number of amides is 1. The third kappa shape index (κ3) is 4.23. The van der Waals surface area contributed by atoms with Gasteiger partial charge in [-0.05, 0) is 24.5 Å². The number of hydrogen-bond acceptors (Lipinski definition) is 3. The minimum absolute atomic E-state index is 0.207. The van der Waals surface area contributed by atoms with Gasteiger partial charge in [-0.1, -0.05) is 18.2 Å². The number of aryl methyl sites for hydroxylation is 1. The van der Waals surface area contributed by atoms with Crippen LogP contribution >= 0.6 is 23.5 Å². The molecule has 3 rings (SSSR count). The molecule has 1 amide bonds. The van der Waals surface area contributed by atoms with Crippen molar-refractivity contribution in [2.45, 2.75) is 24.5 Å². The molecule has 22 heavy (non-hydrogen) atoms. The molecule has 2 aromatic rings. The van der Waals surface area contributed by atoms with Gasteiger partial charge in [0.05, 0.1) is 0 Å². The van der Waals surface area contributed by atoms with Crippen LogP contribution in [-0.4, -0.2) is 39.9 Å². The van der Waals surface area contributed by atoms with Gasteiger partial charge in [0, 0.05) is 52.6 Å². The van der Waals surface area contributed by atoms with Gasteiger partial charge in [0.15, 0.2) is 0 Å². The number of thioether (sulfide) groups is 2. The van der Waals surface area contributed by atoms with Crippen molar-refractivity contribution < 1.29 is 4.79 Å². The Bertz CT molecular complexity index is 620. The van der Waals surface area contributed by atoms with Crippen LogP contribution in [-0.2, 0) is 11.2 Å². The fourth-order valence-electron chi connectivity index (χ4n) is 2.78. The average Bonchev–Trinajstić information content (AvgIpc) is 2.96. The number of carbonyl (C=O) groups is 1. The van der Waals surface area contributed by atoms with Gasteiger partial charge in [-0.15, -0.1) is 0 Å². The first-order chi connectivity index (χ1) is 10.8. The molecule has 0 unspecified atom stereocenters. The molecule has 118 valence electrons. The first-order valence-electron chi connectivity index (χ1n) is 7.84. The van der Waals surface area contributed by atoms with Crippen molar-refractivity contribution in [1.29, 1.82) is 0 Å². The van der Waals surface area contributed by atoms with Crippen LogP contribution in [0.25, 0.3) is 10.9 Å². The third-order valence-electron chi connectivity index (χ3n) is 3.92. The largest absolute Gasteiger partial charge is 0.361 e. The fraction of sp³-hybridized carbons (Fsp3) is 0.471. The molecule has 1 aliphatic heterocycles. The summed E-state index contributed by atoms with van der Waals surface area (Å²) in [6.45, 7) is 0.767. The highest BCUT2D eigenvalue weighted by Gasteiger charge is 2.17. The summed E-state index contributed by atoms with van der Waals surface area (Å²) in [7, 11) is 0. The molecule has 0 bridgehead atoms. The van der Waals surface area contributed by atoms with Crippen LogP contribution in [0, 0.1) is 0 Å². The molecule has 2 heterocycles. The molecule has 0 saturated carbocycles. The van der Waals surface area contributed by atoms with Gasteiger partial charge in [-0.3, -0.25) is 4.79 Å². The zero-order valence-electron chi connectivity index (χ0n) is 12.6. The van der Waals surface area contributed by atoms with Crippen LogP contribution in [0.15, 0.2) is 30.5 Å². The number of para-hydroxylation sites is 1.